The Kier molecular flexibility index (Phi) is 29.9. The van der Waals surface area contributed by atoms with Crippen LogP contribution in [0.15, 0.2) is 12.2 Å². The van der Waals surface area contributed by atoms with Gasteiger partial charge in [0.1, 0.15) is 66.1 Å². The third-order valence-corrected chi connectivity index (χ3v) is 22.8. The maximum absolute atomic E-state index is 15.4. The van der Waals surface area contributed by atoms with Gasteiger partial charge in [-0.05, 0) is 138 Å². The molecular formula is C73H114F8N12O12. The third-order valence-electron chi connectivity index (χ3n) is 22.8. The van der Waals surface area contributed by atoms with E-state index in [0.29, 0.717) is 32.1 Å². The molecule has 3 N–H and O–H groups in total. The fraction of sp³-hybridized carbons (Fsp3) is 0.808. The Morgan fingerprint density at radius 2 is 1.20 bits per heavy atom. The minimum Gasteiger partial charge on any atom is -0.347 e. The number of alkyl halides is 8. The van der Waals surface area contributed by atoms with Gasteiger partial charge in [-0.1, -0.05) is 73.0 Å². The van der Waals surface area contributed by atoms with Crippen molar-refractivity contribution in [2.45, 2.75) is 242 Å². The average Bonchev–Trinajstić information content (AvgIpc) is 0.909. The molecule has 105 heavy (non-hydrogen) atoms. The molecule has 2 aliphatic heterocycles. The zero-order valence-corrected chi connectivity index (χ0v) is 63.8. The normalized spacial score (nSPS) is 31.1. The Bertz CT molecular complexity index is 3140. The van der Waals surface area contributed by atoms with Crippen molar-refractivity contribution >= 4 is 70.9 Å². The molecule has 32 heteroatoms. The highest BCUT2D eigenvalue weighted by Gasteiger charge is 2.59. The predicted octanol–water partition coefficient (Wildman–Crippen LogP) is 6.44. The summed E-state index contributed by atoms with van der Waals surface area (Å²) in [6.45, 7) is 8.31. The molecule has 10 atom stereocenters. The van der Waals surface area contributed by atoms with Crippen LogP contribution in [-0.4, -0.2) is 277 Å². The van der Waals surface area contributed by atoms with Gasteiger partial charge in [0, 0.05) is 70.0 Å². The van der Waals surface area contributed by atoms with Crippen molar-refractivity contribution in [1.82, 2.24) is 60.0 Å². The van der Waals surface area contributed by atoms with E-state index in [9.17, 15) is 64.7 Å². The Morgan fingerprint density at radius 1 is 0.629 bits per heavy atom. The second-order valence-corrected chi connectivity index (χ2v) is 32.3. The van der Waals surface area contributed by atoms with Crippen LogP contribution in [0.2, 0.25) is 0 Å². The minimum atomic E-state index is -5.21. The SMILES string of the molecule is CC[C@H](C)[C@@H]1NC(=O)[C@H](CC(C)C)N(C)C(=O)C[C@@H](C(=O)N(C)C)N(C)C(=O)[C@H](C2CCCC2)N(C)C(=O)C2(CC(C)(C)C2)NC(=O)CN(C)C(=O)[C@H](CCC2CC(F)C(C(F)(F)F)C(F)C2)NC(=O)CN(C)C(=O)[C@H](CC2CCC(C(F)(F)F)CC2)N2CC/C=C\C[C@@H](C2=O)N(C)C(=O)CN(C)C1=O. The number of nitrogens with zero attached hydrogens (tertiary/aromatic N) is 9. The van der Waals surface area contributed by atoms with Crippen molar-refractivity contribution < 1.29 is 92.7 Å². The van der Waals surface area contributed by atoms with E-state index < -0.39 is 230 Å². The molecule has 24 nitrogen and oxygen atoms in total. The number of halogens is 8. The van der Waals surface area contributed by atoms with Gasteiger partial charge in [0.05, 0.1) is 32.0 Å². The maximum Gasteiger partial charge on any atom is 0.397 e. The number of carbonyl (C=O) groups excluding carboxylic acids is 12. The largest absolute Gasteiger partial charge is 0.397 e. The number of hydrogen-bond donors (Lipinski definition) is 3. The highest BCUT2D eigenvalue weighted by Crippen LogP contribution is 2.50. The quantitative estimate of drug-likeness (QED) is 0.149. The van der Waals surface area contributed by atoms with E-state index in [2.05, 4.69) is 16.0 Å². The Balaban J connectivity index is 1.45. The summed E-state index contributed by atoms with van der Waals surface area (Å²) in [4.78, 5) is 189. The van der Waals surface area contributed by atoms with Gasteiger partial charge in [0.2, 0.25) is 70.9 Å². The number of hydrogen-bond acceptors (Lipinski definition) is 12. The number of likely N-dealkylation sites (N-methyl/N-ethyl adjacent to an activating group) is 8. The zero-order chi connectivity index (χ0) is 78.9. The van der Waals surface area contributed by atoms with E-state index in [0.717, 1.165) is 29.4 Å². The van der Waals surface area contributed by atoms with Crippen LogP contribution in [0, 0.1) is 46.8 Å². The molecule has 5 fully saturated rings. The first kappa shape index (κ1) is 86.7. The fourth-order valence-electron chi connectivity index (χ4n) is 16.7. The zero-order valence-electron chi connectivity index (χ0n) is 63.8. The third kappa shape index (κ3) is 21.8. The van der Waals surface area contributed by atoms with E-state index in [1.807, 2.05) is 27.7 Å². The number of fused-ring (bicyclic) bond motifs is 2. The lowest BCUT2D eigenvalue weighted by Gasteiger charge is -2.54. The molecule has 2 heterocycles. The second kappa shape index (κ2) is 36.1. The van der Waals surface area contributed by atoms with Gasteiger partial charge in [0.15, 0.2) is 0 Å². The molecule has 2 unspecified atom stereocenters. The lowest BCUT2D eigenvalue weighted by atomic mass is 9.58. The van der Waals surface area contributed by atoms with Gasteiger partial charge < -0.3 is 60.0 Å². The molecule has 594 valence electrons. The van der Waals surface area contributed by atoms with Crippen molar-refractivity contribution in [2.24, 2.45) is 46.8 Å². The van der Waals surface area contributed by atoms with E-state index in [-0.39, 0.29) is 83.1 Å². The molecule has 6 rings (SSSR count). The molecule has 1 spiro atoms. The molecular weight excluding hydrogens is 1390 g/mol. The van der Waals surface area contributed by atoms with E-state index in [1.54, 1.807) is 26.0 Å². The van der Waals surface area contributed by atoms with Crippen LogP contribution in [0.4, 0.5) is 35.1 Å². The van der Waals surface area contributed by atoms with E-state index >= 15 is 28.0 Å². The summed E-state index contributed by atoms with van der Waals surface area (Å²) in [5.41, 5.74) is -2.29. The monoisotopic (exact) mass is 1500 g/mol. The van der Waals surface area contributed by atoms with Gasteiger partial charge in [-0.15, -0.1) is 0 Å². The molecule has 0 aromatic heterocycles. The highest BCUT2D eigenvalue weighted by molar-refractivity contribution is 6.00. The first-order chi connectivity index (χ1) is 48.7. The summed E-state index contributed by atoms with van der Waals surface area (Å²) in [5, 5.41) is 8.23. The average molecular weight is 1500 g/mol. The van der Waals surface area contributed by atoms with Gasteiger partial charge in [-0.25, -0.2) is 8.78 Å². The predicted molar refractivity (Wildman–Crippen MR) is 372 cm³/mol. The molecule has 4 aliphatic carbocycles. The van der Waals surface area contributed by atoms with Crippen LogP contribution < -0.4 is 16.0 Å². The number of rotatable bonds is 11. The fourth-order valence-corrected chi connectivity index (χ4v) is 16.7. The standard InChI is InChI=1S/C73H114F8N12O12/c1-16-43(4)60-67(103)88(11)39-58(97)89(12)51-24-18-17-21-31-93(66(51)102)54(35-44-25-28-47(29-26-44)72(76,77)78)65(101)87(10)37-55(94)82-50(30-27-45-33-48(74)59(49(75)34-45)73(79,80)81)63(99)86(9)38-56(95)84-71(40-70(5,6)41-71)69(105)92(15)61(46-22-19-20-23-46)68(104)91(14)53(64(100)85(7)8)36-57(96)90(13)52(32-42(2)3)62(98)83-60/h17-18,42-54,59-61H,16,19-41H2,1-15H3,(H,82,94)(H,83,98)(H,84,95)/b18-17-/t43-,44?,45?,47?,48?,49?,50-,51-,52-,53-,54-,59?,60-,61-/m0/s1. The van der Waals surface area contributed by atoms with Crippen LogP contribution in [0.1, 0.15) is 170 Å². The Labute approximate surface area is 612 Å². The highest BCUT2D eigenvalue weighted by atomic mass is 19.4. The number of carbonyl (C=O) groups is 12. The van der Waals surface area contributed by atoms with Crippen molar-refractivity contribution in [2.75, 3.05) is 89.6 Å². The van der Waals surface area contributed by atoms with E-state index in [1.165, 1.54) is 78.1 Å². The number of amides is 12. The molecule has 0 aromatic carbocycles. The maximum atomic E-state index is 15.4. The molecule has 6 aliphatic rings. The molecule has 2 bridgehead atoms. The lowest BCUT2D eigenvalue weighted by Crippen LogP contribution is -2.71. The second-order valence-electron chi connectivity index (χ2n) is 32.3. The number of nitrogens with one attached hydrogen (secondary N) is 3. The van der Waals surface area contributed by atoms with Crippen LogP contribution >= 0.6 is 0 Å². The van der Waals surface area contributed by atoms with Crippen molar-refractivity contribution in [3.05, 3.63) is 12.2 Å². The smallest absolute Gasteiger partial charge is 0.347 e. The summed E-state index contributed by atoms with van der Waals surface area (Å²) in [6, 6.07) is -9.88. The first-order valence-corrected chi connectivity index (χ1v) is 37.0. The summed E-state index contributed by atoms with van der Waals surface area (Å²) in [7, 11) is 12.0. The minimum absolute atomic E-state index is 0.00125. The van der Waals surface area contributed by atoms with Gasteiger partial charge in [0.25, 0.3) is 0 Å². The summed E-state index contributed by atoms with van der Waals surface area (Å²) in [5.74, 6) is -17.1. The summed E-state index contributed by atoms with van der Waals surface area (Å²) >= 11 is 0. The van der Waals surface area contributed by atoms with Gasteiger partial charge in [-0.2, -0.15) is 26.3 Å². The van der Waals surface area contributed by atoms with Crippen LogP contribution in [0.3, 0.4) is 0 Å². The van der Waals surface area contributed by atoms with Crippen molar-refractivity contribution in [3.8, 4) is 0 Å². The molecule has 1 saturated heterocycles. The summed E-state index contributed by atoms with van der Waals surface area (Å²) < 4.78 is 114. The van der Waals surface area contributed by atoms with E-state index in [4.69, 9.17) is 0 Å². The van der Waals surface area contributed by atoms with Crippen molar-refractivity contribution in [3.63, 3.8) is 0 Å². The topological polar surface area (TPSA) is 270 Å². The Morgan fingerprint density at radius 3 is 1.74 bits per heavy atom. The lowest BCUT2D eigenvalue weighted by molar-refractivity contribution is -0.219. The first-order valence-electron chi connectivity index (χ1n) is 37.0. The van der Waals surface area contributed by atoms with Crippen LogP contribution in [0.5, 0.6) is 0 Å². The van der Waals surface area contributed by atoms with Crippen molar-refractivity contribution in [1.29, 1.82) is 0 Å². The summed E-state index contributed by atoms with van der Waals surface area (Å²) in [6.07, 6.45) is -12.6. The molecule has 12 amide bonds. The van der Waals surface area contributed by atoms with Gasteiger partial charge in [-0.3, -0.25) is 57.5 Å². The van der Waals surface area contributed by atoms with Crippen LogP contribution in [-0.2, 0) is 57.5 Å². The molecule has 4 saturated carbocycles. The van der Waals surface area contributed by atoms with Gasteiger partial charge >= 0.3 is 12.4 Å². The molecule has 0 radical (unpaired) electrons. The molecule has 0 aromatic rings. The van der Waals surface area contributed by atoms with Crippen LogP contribution in [0.25, 0.3) is 0 Å². The Hall–Kier alpha value is -7.18.